The zero-order valence-electron chi connectivity index (χ0n) is 24.8. The smallest absolute Gasteiger partial charge is 0.304 e. The lowest BCUT2D eigenvalue weighted by atomic mass is 9.97. The Balaban J connectivity index is 2.58. The standard InChI is InChI=1S/C26H36O17/c1-11(27)34-9-19-22(18(36-13(3)29)8-21(41-19)37-14(4)30)43-26-25(40-17(7)33)24(39-16(6)32)23(38-15(5)31)20(42-26)10-35-12(2)28/h18-26H,8-10H2,1-7H3/t18-,19-,20-,21+,22+,23-,24+,25-,26-/m1/s1. The first-order valence-electron chi connectivity index (χ1n) is 13.2. The third kappa shape index (κ3) is 11.4. The second-order valence-electron chi connectivity index (χ2n) is 9.57. The van der Waals surface area contributed by atoms with E-state index in [2.05, 4.69) is 0 Å². The predicted molar refractivity (Wildman–Crippen MR) is 134 cm³/mol. The van der Waals surface area contributed by atoms with Crippen LogP contribution < -0.4 is 0 Å². The van der Waals surface area contributed by atoms with Gasteiger partial charge in [-0.25, -0.2) is 0 Å². The number of esters is 7. The van der Waals surface area contributed by atoms with Crippen LogP contribution in [0.1, 0.15) is 54.9 Å². The van der Waals surface area contributed by atoms with Gasteiger partial charge in [0.25, 0.3) is 0 Å². The molecule has 0 N–H and O–H groups in total. The number of carbonyl (C=O) groups excluding carboxylic acids is 7. The van der Waals surface area contributed by atoms with Crippen molar-refractivity contribution in [3.8, 4) is 0 Å². The topological polar surface area (TPSA) is 212 Å². The monoisotopic (exact) mass is 620 g/mol. The van der Waals surface area contributed by atoms with Crippen LogP contribution in [0, 0.1) is 0 Å². The first-order chi connectivity index (χ1) is 20.1. The molecule has 0 spiro atoms. The molecule has 0 saturated carbocycles. The van der Waals surface area contributed by atoms with E-state index in [0.29, 0.717) is 0 Å². The van der Waals surface area contributed by atoms with E-state index >= 15 is 0 Å². The van der Waals surface area contributed by atoms with Crippen molar-refractivity contribution >= 4 is 41.8 Å². The van der Waals surface area contributed by atoms with Crippen molar-refractivity contribution in [1.29, 1.82) is 0 Å². The molecule has 2 fully saturated rings. The van der Waals surface area contributed by atoms with Crippen molar-refractivity contribution in [2.75, 3.05) is 13.2 Å². The lowest BCUT2D eigenvalue weighted by Gasteiger charge is -2.47. The summed E-state index contributed by atoms with van der Waals surface area (Å²) in [5, 5.41) is 0. The average Bonchev–Trinajstić information content (AvgIpc) is 2.85. The molecule has 2 aliphatic heterocycles. The summed E-state index contributed by atoms with van der Waals surface area (Å²) in [6.07, 6.45) is -12.8. The molecule has 0 aromatic heterocycles. The lowest BCUT2D eigenvalue weighted by molar-refractivity contribution is -0.344. The van der Waals surface area contributed by atoms with Crippen molar-refractivity contribution in [2.45, 2.75) is 110 Å². The van der Waals surface area contributed by atoms with E-state index in [0.717, 1.165) is 48.5 Å². The molecule has 0 aliphatic carbocycles. The van der Waals surface area contributed by atoms with Gasteiger partial charge in [-0.05, 0) is 0 Å². The van der Waals surface area contributed by atoms with Crippen molar-refractivity contribution in [2.24, 2.45) is 0 Å². The van der Waals surface area contributed by atoms with E-state index in [9.17, 15) is 33.6 Å². The van der Waals surface area contributed by atoms with Crippen LogP contribution in [0.5, 0.6) is 0 Å². The van der Waals surface area contributed by atoms with Gasteiger partial charge >= 0.3 is 41.8 Å². The molecule has 0 aromatic carbocycles. The molecule has 242 valence electrons. The third-order valence-corrected chi connectivity index (χ3v) is 5.79. The van der Waals surface area contributed by atoms with Crippen molar-refractivity contribution < 1.29 is 80.9 Å². The maximum Gasteiger partial charge on any atom is 0.304 e. The Hall–Kier alpha value is -3.83. The summed E-state index contributed by atoms with van der Waals surface area (Å²) in [6, 6.07) is 0. The molecule has 43 heavy (non-hydrogen) atoms. The molecule has 17 heteroatoms. The first-order valence-corrected chi connectivity index (χ1v) is 13.2. The third-order valence-electron chi connectivity index (χ3n) is 5.79. The first kappa shape index (κ1) is 35.4. The summed E-state index contributed by atoms with van der Waals surface area (Å²) in [7, 11) is 0. The average molecular weight is 621 g/mol. The molecule has 0 unspecified atom stereocenters. The molecule has 2 rings (SSSR count). The number of rotatable bonds is 11. The maximum absolute atomic E-state index is 12.2. The van der Waals surface area contributed by atoms with Gasteiger partial charge in [0, 0.05) is 48.5 Å². The van der Waals surface area contributed by atoms with Gasteiger partial charge < -0.3 is 47.4 Å². The minimum absolute atomic E-state index is 0.230. The van der Waals surface area contributed by atoms with Crippen LogP contribution in [-0.2, 0) is 80.9 Å². The van der Waals surface area contributed by atoms with Gasteiger partial charge in [-0.1, -0.05) is 0 Å². The fourth-order valence-electron chi connectivity index (χ4n) is 4.44. The highest BCUT2D eigenvalue weighted by molar-refractivity contribution is 5.69. The van der Waals surface area contributed by atoms with E-state index < -0.39 is 110 Å². The zero-order chi connectivity index (χ0) is 32.4. The van der Waals surface area contributed by atoms with Crippen LogP contribution in [0.3, 0.4) is 0 Å². The Bertz CT molecular complexity index is 1060. The van der Waals surface area contributed by atoms with E-state index in [1.54, 1.807) is 0 Å². The zero-order valence-corrected chi connectivity index (χ0v) is 24.8. The fourth-order valence-corrected chi connectivity index (χ4v) is 4.44. The Morgan fingerprint density at radius 1 is 0.512 bits per heavy atom. The fraction of sp³-hybridized carbons (Fsp3) is 0.731. The number of ether oxygens (including phenoxy) is 10. The van der Waals surface area contributed by atoms with Crippen LogP contribution >= 0.6 is 0 Å². The Kier molecular flexibility index (Phi) is 13.3. The summed E-state index contributed by atoms with van der Waals surface area (Å²) >= 11 is 0. The molecule has 9 atom stereocenters. The van der Waals surface area contributed by atoms with Gasteiger partial charge in [0.15, 0.2) is 24.6 Å². The van der Waals surface area contributed by atoms with Gasteiger partial charge in [0.1, 0.15) is 37.6 Å². The summed E-state index contributed by atoms with van der Waals surface area (Å²) < 4.78 is 54.7. The SMILES string of the molecule is CC(=O)OC[C@H]1O[C@H](OC(C)=O)C[C@@H](OC(C)=O)[C@@H]1O[C@H]1O[C@H](COC(C)=O)[C@@H](OC(C)=O)[C@H](OC(C)=O)[C@H]1OC(C)=O. The van der Waals surface area contributed by atoms with Gasteiger partial charge in [0.05, 0.1) is 6.42 Å². The number of hydrogen-bond donors (Lipinski definition) is 0. The highest BCUT2D eigenvalue weighted by Gasteiger charge is 2.55. The molecule has 0 radical (unpaired) electrons. The molecule has 2 saturated heterocycles. The van der Waals surface area contributed by atoms with Crippen LogP contribution in [-0.4, -0.2) is 110 Å². The molecular formula is C26H36O17. The molecule has 2 heterocycles. The van der Waals surface area contributed by atoms with E-state index in [4.69, 9.17) is 47.4 Å². The molecule has 0 amide bonds. The van der Waals surface area contributed by atoms with Crippen molar-refractivity contribution in [1.82, 2.24) is 0 Å². The molecular weight excluding hydrogens is 584 g/mol. The Morgan fingerprint density at radius 2 is 0.953 bits per heavy atom. The van der Waals surface area contributed by atoms with E-state index in [-0.39, 0.29) is 6.42 Å². The molecule has 2 aliphatic rings. The predicted octanol–water partition coefficient (Wildman–Crippen LogP) is -0.372. The molecule has 0 bridgehead atoms. The van der Waals surface area contributed by atoms with Crippen LogP contribution in [0.4, 0.5) is 0 Å². The second kappa shape index (κ2) is 16.1. The van der Waals surface area contributed by atoms with Gasteiger partial charge in [-0.2, -0.15) is 0 Å². The van der Waals surface area contributed by atoms with Crippen LogP contribution in [0.15, 0.2) is 0 Å². The van der Waals surface area contributed by atoms with Crippen molar-refractivity contribution in [3.05, 3.63) is 0 Å². The van der Waals surface area contributed by atoms with Crippen LogP contribution in [0.25, 0.3) is 0 Å². The van der Waals surface area contributed by atoms with Crippen LogP contribution in [0.2, 0.25) is 0 Å². The van der Waals surface area contributed by atoms with E-state index in [1.807, 2.05) is 0 Å². The second-order valence-corrected chi connectivity index (χ2v) is 9.57. The lowest BCUT2D eigenvalue weighted by Crippen LogP contribution is -2.65. The highest BCUT2D eigenvalue weighted by atomic mass is 16.8. The number of hydrogen-bond acceptors (Lipinski definition) is 17. The minimum atomic E-state index is -1.67. The minimum Gasteiger partial charge on any atom is -0.463 e. The Labute approximate surface area is 246 Å². The Morgan fingerprint density at radius 3 is 1.42 bits per heavy atom. The molecule has 0 aromatic rings. The van der Waals surface area contributed by atoms with Crippen molar-refractivity contribution in [3.63, 3.8) is 0 Å². The van der Waals surface area contributed by atoms with Gasteiger partial charge in [0.2, 0.25) is 6.29 Å². The maximum atomic E-state index is 12.2. The molecule has 17 nitrogen and oxygen atoms in total. The van der Waals surface area contributed by atoms with E-state index in [1.165, 1.54) is 0 Å². The summed E-state index contributed by atoms with van der Waals surface area (Å²) in [6.45, 7) is 6.67. The van der Waals surface area contributed by atoms with Gasteiger partial charge in [-0.15, -0.1) is 0 Å². The summed E-state index contributed by atoms with van der Waals surface area (Å²) in [5.41, 5.74) is 0. The summed E-state index contributed by atoms with van der Waals surface area (Å²) in [4.78, 5) is 83.1. The normalized spacial score (nSPS) is 30.2. The highest BCUT2D eigenvalue weighted by Crippen LogP contribution is 2.34. The largest absolute Gasteiger partial charge is 0.463 e. The number of carbonyl (C=O) groups is 7. The van der Waals surface area contributed by atoms with Gasteiger partial charge in [-0.3, -0.25) is 33.6 Å². The summed E-state index contributed by atoms with van der Waals surface area (Å²) in [5.74, 6) is -5.44. The quantitative estimate of drug-likeness (QED) is 0.213.